The number of hydrogen-bond acceptors (Lipinski definition) is 3. The molecule has 4 heteroatoms. The zero-order chi connectivity index (χ0) is 12.3. The highest BCUT2D eigenvalue weighted by Gasteiger charge is 2.10. The number of nitrogens with zero attached hydrogens (tertiary/aromatic N) is 2. The van der Waals surface area contributed by atoms with Gasteiger partial charge in [-0.1, -0.05) is 6.08 Å². The van der Waals surface area contributed by atoms with Crippen molar-refractivity contribution in [1.29, 1.82) is 0 Å². The maximum Gasteiger partial charge on any atom is 0.203 e. The van der Waals surface area contributed by atoms with Crippen molar-refractivity contribution >= 4 is 17.3 Å². The van der Waals surface area contributed by atoms with Crippen molar-refractivity contribution in [1.82, 2.24) is 9.55 Å². The molecule has 17 heavy (non-hydrogen) atoms. The molecule has 1 N–H and O–H groups in total. The van der Waals surface area contributed by atoms with E-state index >= 15 is 0 Å². The highest BCUT2D eigenvalue weighted by atomic mass is 32.1. The summed E-state index contributed by atoms with van der Waals surface area (Å²) in [7, 11) is 0. The molecule has 0 spiro atoms. The highest BCUT2D eigenvalue weighted by Crippen LogP contribution is 2.25. The van der Waals surface area contributed by atoms with Gasteiger partial charge in [-0.05, 0) is 26.0 Å². The molecule has 0 bridgehead atoms. The van der Waals surface area contributed by atoms with Crippen molar-refractivity contribution in [3.8, 4) is 0 Å². The summed E-state index contributed by atoms with van der Waals surface area (Å²) in [4.78, 5) is 6.98. The van der Waals surface area contributed by atoms with Crippen LogP contribution in [0, 0.1) is 6.92 Å². The number of thiophene rings is 1. The Labute approximate surface area is 106 Å². The molecule has 0 aliphatic carbocycles. The molecule has 3 nitrogen and oxygen atoms in total. The van der Waals surface area contributed by atoms with Gasteiger partial charge in [0.25, 0.3) is 0 Å². The number of aromatic nitrogens is 2. The Morgan fingerprint density at radius 1 is 1.59 bits per heavy atom. The Kier molecular flexibility index (Phi) is 3.64. The minimum absolute atomic E-state index is 0.277. The van der Waals surface area contributed by atoms with E-state index in [0.717, 1.165) is 12.5 Å². The van der Waals surface area contributed by atoms with Crippen molar-refractivity contribution < 1.29 is 0 Å². The van der Waals surface area contributed by atoms with Gasteiger partial charge in [0.1, 0.15) is 0 Å². The van der Waals surface area contributed by atoms with Gasteiger partial charge in [0.15, 0.2) is 0 Å². The number of rotatable bonds is 5. The van der Waals surface area contributed by atoms with Crippen molar-refractivity contribution in [3.63, 3.8) is 0 Å². The summed E-state index contributed by atoms with van der Waals surface area (Å²) in [6.07, 6.45) is 5.63. The lowest BCUT2D eigenvalue weighted by Crippen LogP contribution is -2.10. The zero-order valence-corrected chi connectivity index (χ0v) is 11.0. The minimum Gasteiger partial charge on any atom is -0.348 e. The summed E-state index contributed by atoms with van der Waals surface area (Å²) in [6, 6.07) is 4.59. The van der Waals surface area contributed by atoms with Crippen LogP contribution in [0.4, 0.5) is 5.95 Å². The Bertz CT molecular complexity index is 498. The molecule has 0 radical (unpaired) electrons. The molecule has 2 aromatic heterocycles. The normalized spacial score (nSPS) is 12.4. The molecule has 0 aromatic carbocycles. The molecule has 0 aliphatic heterocycles. The summed E-state index contributed by atoms with van der Waals surface area (Å²) >= 11 is 1.82. The van der Waals surface area contributed by atoms with Crippen molar-refractivity contribution in [2.45, 2.75) is 26.4 Å². The topological polar surface area (TPSA) is 29.9 Å². The quantitative estimate of drug-likeness (QED) is 0.818. The van der Waals surface area contributed by atoms with Gasteiger partial charge in [0.05, 0.1) is 6.04 Å². The molecular formula is C13H17N3S. The molecule has 0 saturated carbocycles. The fourth-order valence-electron chi connectivity index (χ4n) is 1.69. The second-order valence-corrected chi connectivity index (χ2v) is 5.33. The van der Waals surface area contributed by atoms with Crippen LogP contribution in [0.3, 0.4) is 0 Å². The maximum atomic E-state index is 4.32. The Morgan fingerprint density at radius 3 is 3.06 bits per heavy atom. The van der Waals surface area contributed by atoms with Gasteiger partial charge in [0, 0.05) is 28.7 Å². The molecule has 2 heterocycles. The van der Waals surface area contributed by atoms with Crippen LogP contribution in [0.5, 0.6) is 0 Å². The summed E-state index contributed by atoms with van der Waals surface area (Å²) in [5.41, 5.74) is 0. The second-order valence-electron chi connectivity index (χ2n) is 4.01. The van der Waals surface area contributed by atoms with E-state index < -0.39 is 0 Å². The van der Waals surface area contributed by atoms with Crippen LogP contribution in [0.2, 0.25) is 0 Å². The lowest BCUT2D eigenvalue weighted by molar-refractivity contribution is 0.790. The van der Waals surface area contributed by atoms with E-state index in [-0.39, 0.29) is 6.04 Å². The van der Waals surface area contributed by atoms with Crippen molar-refractivity contribution in [2.24, 2.45) is 0 Å². The first-order valence-corrected chi connectivity index (χ1v) is 6.47. The molecule has 1 unspecified atom stereocenters. The van der Waals surface area contributed by atoms with E-state index in [1.165, 1.54) is 9.75 Å². The van der Waals surface area contributed by atoms with Crippen LogP contribution >= 0.6 is 11.3 Å². The van der Waals surface area contributed by atoms with Gasteiger partial charge >= 0.3 is 0 Å². The number of hydrogen-bond donors (Lipinski definition) is 1. The van der Waals surface area contributed by atoms with E-state index in [0.29, 0.717) is 0 Å². The maximum absolute atomic E-state index is 4.32. The molecule has 1 atom stereocenters. The first-order valence-electron chi connectivity index (χ1n) is 5.65. The fraction of sp³-hybridized carbons (Fsp3) is 0.308. The second kappa shape index (κ2) is 5.19. The minimum atomic E-state index is 0.277. The number of allylic oxidation sites excluding steroid dienone is 1. The zero-order valence-electron chi connectivity index (χ0n) is 10.2. The van der Waals surface area contributed by atoms with E-state index in [9.17, 15) is 0 Å². The van der Waals surface area contributed by atoms with E-state index in [2.05, 4.69) is 42.9 Å². The number of anilines is 1. The highest BCUT2D eigenvalue weighted by molar-refractivity contribution is 7.12. The molecule has 0 amide bonds. The van der Waals surface area contributed by atoms with Gasteiger partial charge in [0.2, 0.25) is 5.95 Å². The lowest BCUT2D eigenvalue weighted by atomic mass is 10.3. The first kappa shape index (κ1) is 11.9. The molecular weight excluding hydrogens is 230 g/mol. The fourth-order valence-corrected chi connectivity index (χ4v) is 2.57. The Hall–Kier alpha value is -1.55. The van der Waals surface area contributed by atoms with E-state index in [4.69, 9.17) is 0 Å². The van der Waals surface area contributed by atoms with Gasteiger partial charge < -0.3 is 9.88 Å². The van der Waals surface area contributed by atoms with Crippen LogP contribution in [0.25, 0.3) is 0 Å². The molecule has 2 aromatic rings. The van der Waals surface area contributed by atoms with Crippen molar-refractivity contribution in [3.05, 3.63) is 46.9 Å². The number of nitrogens with one attached hydrogen (secondary N) is 1. The molecule has 0 fully saturated rings. The summed E-state index contributed by atoms with van der Waals surface area (Å²) < 4.78 is 2.05. The summed E-state index contributed by atoms with van der Waals surface area (Å²) in [6.45, 7) is 8.79. The molecule has 0 saturated heterocycles. The first-order chi connectivity index (χ1) is 8.20. The van der Waals surface area contributed by atoms with Gasteiger partial charge in [-0.25, -0.2) is 4.98 Å². The average Bonchev–Trinajstić information content (AvgIpc) is 2.89. The van der Waals surface area contributed by atoms with Crippen molar-refractivity contribution in [2.75, 3.05) is 5.32 Å². The van der Waals surface area contributed by atoms with Gasteiger partial charge in [-0.15, -0.1) is 17.9 Å². The van der Waals surface area contributed by atoms with Gasteiger partial charge in [-0.2, -0.15) is 0 Å². The predicted molar refractivity (Wildman–Crippen MR) is 73.5 cm³/mol. The monoisotopic (exact) mass is 247 g/mol. The van der Waals surface area contributed by atoms with Crippen LogP contribution in [-0.2, 0) is 6.54 Å². The summed E-state index contributed by atoms with van der Waals surface area (Å²) in [5, 5.41) is 3.42. The number of aryl methyl sites for hydroxylation is 1. The smallest absolute Gasteiger partial charge is 0.203 e. The Morgan fingerprint density at radius 2 is 2.41 bits per heavy atom. The SMILES string of the molecule is C=CCn1ccnc1NC(C)c1ccc(C)s1. The van der Waals surface area contributed by atoms with Crippen LogP contribution in [0.1, 0.15) is 22.7 Å². The Balaban J connectivity index is 2.09. The third kappa shape index (κ3) is 2.77. The molecule has 0 aliphatic rings. The van der Waals surface area contributed by atoms with E-state index in [1.807, 2.05) is 28.2 Å². The van der Waals surface area contributed by atoms with Crippen LogP contribution < -0.4 is 5.32 Å². The third-order valence-corrected chi connectivity index (χ3v) is 3.76. The molecule has 90 valence electrons. The lowest BCUT2D eigenvalue weighted by Gasteiger charge is -2.14. The average molecular weight is 247 g/mol. The van der Waals surface area contributed by atoms with Crippen LogP contribution in [0.15, 0.2) is 37.2 Å². The van der Waals surface area contributed by atoms with Gasteiger partial charge in [-0.3, -0.25) is 0 Å². The standard InChI is InChI=1S/C13H17N3S/c1-4-8-16-9-7-14-13(16)15-11(3)12-6-5-10(2)17-12/h4-7,9,11H,1,8H2,2-3H3,(H,14,15). The summed E-state index contributed by atoms with van der Waals surface area (Å²) in [5.74, 6) is 0.892. The van der Waals surface area contributed by atoms with E-state index in [1.54, 1.807) is 6.20 Å². The predicted octanol–water partition coefficient (Wildman–Crippen LogP) is 3.61. The third-order valence-electron chi connectivity index (χ3n) is 2.57. The largest absolute Gasteiger partial charge is 0.348 e. The van der Waals surface area contributed by atoms with Crippen LogP contribution in [-0.4, -0.2) is 9.55 Å². The molecule has 2 rings (SSSR count). The number of imidazole rings is 1.